The van der Waals surface area contributed by atoms with Crippen LogP contribution in [0.15, 0.2) is 36.4 Å². The van der Waals surface area contributed by atoms with E-state index in [4.69, 9.17) is 15.2 Å². The first-order chi connectivity index (χ1) is 14.1. The largest absolute Gasteiger partial charge is 0.488 e. The zero-order valence-electron chi connectivity index (χ0n) is 16.5. The summed E-state index contributed by atoms with van der Waals surface area (Å²) in [5.74, 6) is 1.34. The first-order valence-corrected chi connectivity index (χ1v) is 9.60. The number of aryl methyl sites for hydroxylation is 1. The molecule has 3 N–H and O–H groups in total. The fourth-order valence-corrected chi connectivity index (χ4v) is 3.58. The number of ether oxygens (including phenoxy) is 2. The van der Waals surface area contributed by atoms with Crippen molar-refractivity contribution in [3.63, 3.8) is 0 Å². The van der Waals surface area contributed by atoms with Gasteiger partial charge in [-0.15, -0.1) is 5.10 Å². The van der Waals surface area contributed by atoms with Gasteiger partial charge in [-0.25, -0.2) is 0 Å². The second-order valence-corrected chi connectivity index (χ2v) is 7.20. The number of anilines is 1. The van der Waals surface area contributed by atoms with Crippen molar-refractivity contribution >= 4 is 16.6 Å². The van der Waals surface area contributed by atoms with Gasteiger partial charge in [-0.3, -0.25) is 0 Å². The molecule has 29 heavy (non-hydrogen) atoms. The molecule has 148 valence electrons. The van der Waals surface area contributed by atoms with E-state index in [9.17, 15) is 5.26 Å². The molecule has 1 aliphatic heterocycles. The number of nitriles is 1. The lowest BCUT2D eigenvalue weighted by Crippen LogP contribution is -2.22. The monoisotopic (exact) mass is 389 g/mol. The Hall–Kier alpha value is -3.21. The molecule has 7 nitrogen and oxygen atoms in total. The van der Waals surface area contributed by atoms with Crippen molar-refractivity contribution in [2.45, 2.75) is 32.5 Å². The summed E-state index contributed by atoms with van der Waals surface area (Å²) in [6.07, 6.45) is 0.422. The van der Waals surface area contributed by atoms with Gasteiger partial charge in [-0.05, 0) is 49.2 Å². The van der Waals surface area contributed by atoms with Gasteiger partial charge in [0.05, 0.1) is 30.5 Å². The quantitative estimate of drug-likeness (QED) is 0.645. The standard InChI is InChI=1S/C22H23N5O2/c1-13-15(11-23)4-3-5-18(13)21(24)25-22-20-10-16(29-17-8-9-28-12-17)6-7-19(20)14(2)26-27-22/h3-7,10,17,21H,8-9,12,24H2,1-2H3,(H,25,27)/t17-,21-/m0/s1. The van der Waals surface area contributed by atoms with Gasteiger partial charge in [-0.1, -0.05) is 12.1 Å². The topological polar surface area (TPSA) is 106 Å². The minimum Gasteiger partial charge on any atom is -0.488 e. The average Bonchev–Trinajstić information content (AvgIpc) is 3.23. The lowest BCUT2D eigenvalue weighted by Gasteiger charge is -2.19. The number of nitrogens with one attached hydrogen (secondary N) is 1. The van der Waals surface area contributed by atoms with E-state index in [1.807, 2.05) is 44.2 Å². The Balaban J connectivity index is 1.67. The van der Waals surface area contributed by atoms with E-state index >= 15 is 0 Å². The summed E-state index contributed by atoms with van der Waals surface area (Å²) in [6, 6.07) is 13.6. The molecule has 0 radical (unpaired) electrons. The van der Waals surface area contributed by atoms with Gasteiger partial charge in [0, 0.05) is 17.2 Å². The molecule has 4 rings (SSSR count). The molecule has 0 unspecified atom stereocenters. The van der Waals surface area contributed by atoms with Gasteiger partial charge < -0.3 is 20.5 Å². The molecular weight excluding hydrogens is 366 g/mol. The number of hydrogen-bond donors (Lipinski definition) is 2. The molecule has 3 aromatic rings. The zero-order valence-corrected chi connectivity index (χ0v) is 16.5. The molecule has 0 aliphatic carbocycles. The number of hydrogen-bond acceptors (Lipinski definition) is 7. The second kappa shape index (κ2) is 8.03. The van der Waals surface area contributed by atoms with Crippen LogP contribution >= 0.6 is 0 Å². The number of nitrogens with two attached hydrogens (primary N) is 1. The number of aromatic nitrogens is 2. The molecule has 2 aromatic carbocycles. The van der Waals surface area contributed by atoms with Crippen LogP contribution in [0, 0.1) is 25.2 Å². The highest BCUT2D eigenvalue weighted by atomic mass is 16.5. The van der Waals surface area contributed by atoms with Gasteiger partial charge >= 0.3 is 0 Å². The lowest BCUT2D eigenvalue weighted by molar-refractivity contribution is 0.141. The third-order valence-corrected chi connectivity index (χ3v) is 5.25. The van der Waals surface area contributed by atoms with E-state index in [1.165, 1.54) is 0 Å². The van der Waals surface area contributed by atoms with Crippen molar-refractivity contribution in [2.75, 3.05) is 18.5 Å². The van der Waals surface area contributed by atoms with Crippen molar-refractivity contribution in [3.8, 4) is 11.8 Å². The fourth-order valence-electron chi connectivity index (χ4n) is 3.58. The number of rotatable bonds is 5. The Kier molecular flexibility index (Phi) is 5.30. The molecule has 0 bridgehead atoms. The minimum absolute atomic E-state index is 0.0679. The van der Waals surface area contributed by atoms with Crippen molar-refractivity contribution in [1.29, 1.82) is 5.26 Å². The van der Waals surface area contributed by atoms with Crippen molar-refractivity contribution < 1.29 is 9.47 Å². The van der Waals surface area contributed by atoms with E-state index in [-0.39, 0.29) is 6.10 Å². The van der Waals surface area contributed by atoms with E-state index in [2.05, 4.69) is 21.6 Å². The molecule has 1 fully saturated rings. The van der Waals surface area contributed by atoms with Crippen LogP contribution in [-0.4, -0.2) is 29.5 Å². The third kappa shape index (κ3) is 3.86. The van der Waals surface area contributed by atoms with Crippen LogP contribution in [0.1, 0.15) is 35.0 Å². The molecule has 1 aromatic heterocycles. The molecule has 0 saturated carbocycles. The number of nitrogens with zero attached hydrogens (tertiary/aromatic N) is 3. The first kappa shape index (κ1) is 19.1. The maximum absolute atomic E-state index is 9.28. The summed E-state index contributed by atoms with van der Waals surface area (Å²) < 4.78 is 11.4. The fraction of sp³-hybridized carbons (Fsp3) is 0.318. The Labute approximate surface area is 169 Å². The van der Waals surface area contributed by atoms with Crippen molar-refractivity contribution in [2.24, 2.45) is 5.73 Å². The second-order valence-electron chi connectivity index (χ2n) is 7.20. The highest BCUT2D eigenvalue weighted by Gasteiger charge is 2.19. The summed E-state index contributed by atoms with van der Waals surface area (Å²) >= 11 is 0. The smallest absolute Gasteiger partial charge is 0.158 e. The molecule has 7 heteroatoms. The molecule has 2 heterocycles. The van der Waals surface area contributed by atoms with Gasteiger partial charge in [0.2, 0.25) is 0 Å². The number of fused-ring (bicyclic) bond motifs is 1. The molecule has 2 atom stereocenters. The van der Waals surface area contributed by atoms with Gasteiger partial charge in [-0.2, -0.15) is 10.4 Å². The SMILES string of the molecule is Cc1c(C#N)cccc1[C@@H](N)Nc1nnc(C)c2ccc(O[C@H]3CCOC3)cc12. The average molecular weight is 389 g/mol. The Morgan fingerprint density at radius 2 is 2.10 bits per heavy atom. The molecular formula is C22H23N5O2. The Bertz CT molecular complexity index is 1090. The van der Waals surface area contributed by atoms with Crippen LogP contribution in [0.3, 0.4) is 0 Å². The van der Waals surface area contributed by atoms with Crippen LogP contribution in [0.4, 0.5) is 5.82 Å². The summed E-state index contributed by atoms with van der Waals surface area (Å²) in [6.45, 7) is 5.15. The van der Waals surface area contributed by atoms with E-state index in [0.29, 0.717) is 18.0 Å². The van der Waals surface area contributed by atoms with Crippen LogP contribution in [0.2, 0.25) is 0 Å². The molecule has 1 aliphatic rings. The van der Waals surface area contributed by atoms with E-state index < -0.39 is 6.17 Å². The van der Waals surface area contributed by atoms with E-state index in [0.717, 1.165) is 46.4 Å². The van der Waals surface area contributed by atoms with Crippen molar-refractivity contribution in [1.82, 2.24) is 10.2 Å². The summed E-state index contributed by atoms with van der Waals surface area (Å²) in [5, 5.41) is 23.0. The van der Waals surface area contributed by atoms with Crippen LogP contribution in [0.5, 0.6) is 5.75 Å². The van der Waals surface area contributed by atoms with Gasteiger partial charge in [0.25, 0.3) is 0 Å². The Morgan fingerprint density at radius 1 is 1.24 bits per heavy atom. The van der Waals surface area contributed by atoms with Crippen LogP contribution in [0.25, 0.3) is 10.8 Å². The first-order valence-electron chi connectivity index (χ1n) is 9.60. The highest BCUT2D eigenvalue weighted by molar-refractivity contribution is 5.94. The number of benzene rings is 2. The maximum Gasteiger partial charge on any atom is 0.158 e. The van der Waals surface area contributed by atoms with Gasteiger partial charge in [0.15, 0.2) is 5.82 Å². The predicted octanol–water partition coefficient (Wildman–Crippen LogP) is 3.36. The normalized spacial score (nSPS) is 17.1. The molecule has 1 saturated heterocycles. The zero-order chi connectivity index (χ0) is 20.4. The minimum atomic E-state index is -0.531. The van der Waals surface area contributed by atoms with Crippen LogP contribution in [-0.2, 0) is 4.74 Å². The summed E-state index contributed by atoms with van der Waals surface area (Å²) in [4.78, 5) is 0. The summed E-state index contributed by atoms with van der Waals surface area (Å²) in [5.41, 5.74) is 9.55. The summed E-state index contributed by atoms with van der Waals surface area (Å²) in [7, 11) is 0. The molecule has 0 spiro atoms. The third-order valence-electron chi connectivity index (χ3n) is 5.25. The van der Waals surface area contributed by atoms with Crippen molar-refractivity contribution in [3.05, 3.63) is 58.8 Å². The van der Waals surface area contributed by atoms with Crippen LogP contribution < -0.4 is 15.8 Å². The van der Waals surface area contributed by atoms with Gasteiger partial charge in [0.1, 0.15) is 18.0 Å². The molecule has 0 amide bonds. The lowest BCUT2D eigenvalue weighted by atomic mass is 10.0. The Morgan fingerprint density at radius 3 is 2.86 bits per heavy atom. The maximum atomic E-state index is 9.28. The predicted molar refractivity (Wildman–Crippen MR) is 111 cm³/mol. The van der Waals surface area contributed by atoms with E-state index in [1.54, 1.807) is 6.07 Å². The highest BCUT2D eigenvalue weighted by Crippen LogP contribution is 2.30.